The van der Waals surface area contributed by atoms with Gasteiger partial charge in [0.2, 0.25) is 5.91 Å². The molecule has 1 heterocycles. The molecule has 1 aliphatic heterocycles. The number of aliphatic hydroxyl groups excluding tert-OH is 1. The number of nitrogens with zero attached hydrogens (tertiary/aromatic N) is 1. The molecule has 1 atom stereocenters. The van der Waals surface area contributed by atoms with Gasteiger partial charge >= 0.3 is 0 Å². The monoisotopic (exact) mass is 200 g/mol. The Bertz CT molecular complexity index is 185. The molecule has 1 rings (SSSR count). The van der Waals surface area contributed by atoms with E-state index in [1.807, 2.05) is 7.05 Å². The van der Waals surface area contributed by atoms with Gasteiger partial charge in [0.15, 0.2) is 0 Å². The van der Waals surface area contributed by atoms with Crippen LogP contribution in [0.4, 0.5) is 0 Å². The van der Waals surface area contributed by atoms with Crippen LogP contribution >= 0.6 is 0 Å². The summed E-state index contributed by atoms with van der Waals surface area (Å²) in [6.45, 7) is 2.22. The molecule has 0 aromatic carbocycles. The zero-order chi connectivity index (χ0) is 10.4. The Kier molecular flexibility index (Phi) is 4.90. The number of amides is 1. The van der Waals surface area contributed by atoms with E-state index < -0.39 is 0 Å². The third-order valence-electron chi connectivity index (χ3n) is 2.57. The number of hydrogen-bond donors (Lipinski definition) is 2. The molecule has 1 aliphatic rings. The van der Waals surface area contributed by atoms with E-state index in [0.717, 1.165) is 32.4 Å². The number of β-amino-alcohol motifs (C(OH)–C–C–N with tert-alkyl or cyclic N) is 1. The maximum absolute atomic E-state index is 11.6. The van der Waals surface area contributed by atoms with Gasteiger partial charge in [0.05, 0.1) is 6.10 Å². The van der Waals surface area contributed by atoms with Crippen molar-refractivity contribution in [1.29, 1.82) is 0 Å². The van der Waals surface area contributed by atoms with Crippen molar-refractivity contribution in [3.8, 4) is 0 Å². The average Bonchev–Trinajstić information content (AvgIpc) is 2.18. The van der Waals surface area contributed by atoms with E-state index in [1.165, 1.54) is 0 Å². The molecular formula is C10H20N2O2. The van der Waals surface area contributed by atoms with E-state index in [4.69, 9.17) is 0 Å². The lowest BCUT2D eigenvalue weighted by atomic mass is 10.1. The van der Waals surface area contributed by atoms with E-state index in [-0.39, 0.29) is 12.0 Å². The second-order valence-electron chi connectivity index (χ2n) is 3.84. The number of nitrogens with one attached hydrogen (secondary N) is 1. The summed E-state index contributed by atoms with van der Waals surface area (Å²) < 4.78 is 0. The van der Waals surface area contributed by atoms with Gasteiger partial charge in [-0.05, 0) is 32.9 Å². The SMILES string of the molecule is CNCCCC(=O)N1CCC[C@H](O)C1. The zero-order valence-corrected chi connectivity index (χ0v) is 8.83. The Labute approximate surface area is 85.3 Å². The summed E-state index contributed by atoms with van der Waals surface area (Å²) in [6, 6.07) is 0. The molecule has 0 radical (unpaired) electrons. The highest BCUT2D eigenvalue weighted by atomic mass is 16.3. The Hall–Kier alpha value is -0.610. The Morgan fingerprint density at radius 2 is 2.43 bits per heavy atom. The molecule has 0 aliphatic carbocycles. The summed E-state index contributed by atoms with van der Waals surface area (Å²) in [4.78, 5) is 13.4. The van der Waals surface area contributed by atoms with E-state index in [0.29, 0.717) is 13.0 Å². The van der Waals surface area contributed by atoms with Crippen molar-refractivity contribution in [1.82, 2.24) is 10.2 Å². The predicted octanol–water partition coefficient (Wildman–Crippen LogP) is -0.0307. The molecule has 0 unspecified atom stereocenters. The Morgan fingerprint density at radius 1 is 1.64 bits per heavy atom. The van der Waals surface area contributed by atoms with Gasteiger partial charge in [-0.3, -0.25) is 4.79 Å². The molecule has 4 nitrogen and oxygen atoms in total. The number of rotatable bonds is 4. The first-order chi connectivity index (χ1) is 6.74. The smallest absolute Gasteiger partial charge is 0.222 e. The first-order valence-corrected chi connectivity index (χ1v) is 5.34. The van der Waals surface area contributed by atoms with Gasteiger partial charge in [-0.2, -0.15) is 0 Å². The van der Waals surface area contributed by atoms with Crippen LogP contribution in [0.1, 0.15) is 25.7 Å². The second kappa shape index (κ2) is 5.98. The fraction of sp³-hybridized carbons (Fsp3) is 0.900. The van der Waals surface area contributed by atoms with Crippen molar-refractivity contribution in [3.63, 3.8) is 0 Å². The highest BCUT2D eigenvalue weighted by molar-refractivity contribution is 5.76. The minimum Gasteiger partial charge on any atom is -0.391 e. The number of aliphatic hydroxyl groups is 1. The molecule has 0 aromatic rings. The van der Waals surface area contributed by atoms with Crippen molar-refractivity contribution in [3.05, 3.63) is 0 Å². The summed E-state index contributed by atoms with van der Waals surface area (Å²) in [5.74, 6) is 0.180. The van der Waals surface area contributed by atoms with Crippen molar-refractivity contribution in [2.45, 2.75) is 31.8 Å². The summed E-state index contributed by atoms with van der Waals surface area (Å²) in [7, 11) is 1.88. The third-order valence-corrected chi connectivity index (χ3v) is 2.57. The minimum absolute atomic E-state index is 0.180. The fourth-order valence-electron chi connectivity index (χ4n) is 1.76. The first kappa shape index (κ1) is 11.5. The van der Waals surface area contributed by atoms with Crippen molar-refractivity contribution in [2.75, 3.05) is 26.7 Å². The lowest BCUT2D eigenvalue weighted by Crippen LogP contribution is -2.42. The summed E-state index contributed by atoms with van der Waals surface area (Å²) in [6.07, 6.45) is 2.92. The second-order valence-corrected chi connectivity index (χ2v) is 3.84. The van der Waals surface area contributed by atoms with Gasteiger partial charge in [0.25, 0.3) is 0 Å². The maximum atomic E-state index is 11.6. The van der Waals surface area contributed by atoms with Gasteiger partial charge in [0.1, 0.15) is 0 Å². The fourth-order valence-corrected chi connectivity index (χ4v) is 1.76. The standard InChI is InChI=1S/C10H20N2O2/c1-11-6-2-5-10(14)12-7-3-4-9(13)8-12/h9,11,13H,2-8H2,1H3/t9-/m0/s1. The lowest BCUT2D eigenvalue weighted by Gasteiger charge is -2.30. The minimum atomic E-state index is -0.308. The first-order valence-electron chi connectivity index (χ1n) is 5.34. The highest BCUT2D eigenvalue weighted by Crippen LogP contribution is 2.11. The largest absolute Gasteiger partial charge is 0.391 e. The van der Waals surface area contributed by atoms with Crippen LogP contribution in [0.5, 0.6) is 0 Å². The van der Waals surface area contributed by atoms with Crippen LogP contribution in [0.3, 0.4) is 0 Å². The Morgan fingerprint density at radius 3 is 3.07 bits per heavy atom. The number of carbonyl (C=O) groups is 1. The number of likely N-dealkylation sites (tertiary alicyclic amines) is 1. The number of carbonyl (C=O) groups excluding carboxylic acids is 1. The lowest BCUT2D eigenvalue weighted by molar-refractivity contribution is -0.134. The molecule has 1 saturated heterocycles. The maximum Gasteiger partial charge on any atom is 0.222 e. The molecule has 4 heteroatoms. The Balaban J connectivity index is 2.22. The molecule has 0 spiro atoms. The topological polar surface area (TPSA) is 52.6 Å². The van der Waals surface area contributed by atoms with E-state index in [1.54, 1.807) is 4.90 Å². The molecule has 2 N–H and O–H groups in total. The highest BCUT2D eigenvalue weighted by Gasteiger charge is 2.21. The van der Waals surface area contributed by atoms with Crippen LogP contribution in [-0.4, -0.2) is 48.7 Å². The normalized spacial score (nSPS) is 22.4. The summed E-state index contributed by atoms with van der Waals surface area (Å²) in [5.41, 5.74) is 0. The summed E-state index contributed by atoms with van der Waals surface area (Å²) in [5, 5.41) is 12.4. The molecular weight excluding hydrogens is 180 g/mol. The van der Waals surface area contributed by atoms with E-state index >= 15 is 0 Å². The molecule has 14 heavy (non-hydrogen) atoms. The number of piperidine rings is 1. The molecule has 0 bridgehead atoms. The average molecular weight is 200 g/mol. The third kappa shape index (κ3) is 3.64. The predicted molar refractivity (Wildman–Crippen MR) is 55.0 cm³/mol. The van der Waals surface area contributed by atoms with Gasteiger partial charge in [-0.1, -0.05) is 0 Å². The van der Waals surface area contributed by atoms with Crippen LogP contribution < -0.4 is 5.32 Å². The van der Waals surface area contributed by atoms with Crippen molar-refractivity contribution < 1.29 is 9.90 Å². The van der Waals surface area contributed by atoms with Crippen LogP contribution in [0.25, 0.3) is 0 Å². The molecule has 0 aromatic heterocycles. The van der Waals surface area contributed by atoms with Gasteiger partial charge < -0.3 is 15.3 Å². The van der Waals surface area contributed by atoms with Gasteiger partial charge in [0, 0.05) is 19.5 Å². The van der Waals surface area contributed by atoms with E-state index in [2.05, 4.69) is 5.32 Å². The molecule has 0 saturated carbocycles. The van der Waals surface area contributed by atoms with Crippen molar-refractivity contribution >= 4 is 5.91 Å². The van der Waals surface area contributed by atoms with Crippen LogP contribution in [0.15, 0.2) is 0 Å². The van der Waals surface area contributed by atoms with Crippen LogP contribution in [-0.2, 0) is 4.79 Å². The quantitative estimate of drug-likeness (QED) is 0.627. The number of hydrogen-bond acceptors (Lipinski definition) is 3. The van der Waals surface area contributed by atoms with Crippen LogP contribution in [0.2, 0.25) is 0 Å². The summed E-state index contributed by atoms with van der Waals surface area (Å²) >= 11 is 0. The van der Waals surface area contributed by atoms with Gasteiger partial charge in [-0.25, -0.2) is 0 Å². The van der Waals surface area contributed by atoms with Crippen molar-refractivity contribution in [2.24, 2.45) is 0 Å². The molecule has 1 fully saturated rings. The van der Waals surface area contributed by atoms with E-state index in [9.17, 15) is 9.90 Å². The zero-order valence-electron chi connectivity index (χ0n) is 8.83. The van der Waals surface area contributed by atoms with Crippen LogP contribution in [0, 0.1) is 0 Å². The molecule has 82 valence electrons. The molecule has 1 amide bonds. The van der Waals surface area contributed by atoms with Gasteiger partial charge in [-0.15, -0.1) is 0 Å².